The van der Waals surface area contributed by atoms with Crippen molar-refractivity contribution >= 4 is 23.8 Å². The van der Waals surface area contributed by atoms with Crippen molar-refractivity contribution in [3.05, 3.63) is 71.5 Å². The molecule has 2 aromatic heterocycles. The lowest BCUT2D eigenvalue weighted by Gasteiger charge is -1.96. The molecular weight excluding hydrogens is 362 g/mol. The molecule has 2 heterocycles. The van der Waals surface area contributed by atoms with Crippen molar-refractivity contribution in [2.75, 3.05) is 18.6 Å². The third kappa shape index (κ3) is 5.37. The fraction of sp³-hybridized carbons (Fsp3) is 0.238. The molecule has 0 fully saturated rings. The minimum Gasteiger partial charge on any atom is -0.468 e. The molecule has 5 nitrogen and oxygen atoms in total. The van der Waals surface area contributed by atoms with Crippen LogP contribution in [0, 0.1) is 6.92 Å². The van der Waals surface area contributed by atoms with E-state index in [9.17, 15) is 4.79 Å². The minimum atomic E-state index is -0.216. The summed E-state index contributed by atoms with van der Waals surface area (Å²) in [4.78, 5) is 15.6. The summed E-state index contributed by atoms with van der Waals surface area (Å²) in [5, 5.41) is 0. The molecule has 0 spiro atoms. The van der Waals surface area contributed by atoms with Gasteiger partial charge in [0.05, 0.1) is 25.0 Å². The Morgan fingerprint density at radius 1 is 1.19 bits per heavy atom. The number of ether oxygens (including phenoxy) is 1. The van der Waals surface area contributed by atoms with E-state index in [1.165, 1.54) is 18.9 Å². The van der Waals surface area contributed by atoms with Gasteiger partial charge in [-0.2, -0.15) is 0 Å². The monoisotopic (exact) mass is 383 g/mol. The quantitative estimate of drug-likeness (QED) is 0.413. The van der Waals surface area contributed by atoms with Gasteiger partial charge in [-0.05, 0) is 37.3 Å². The number of hydrogen-bond donors (Lipinski definition) is 0. The number of methoxy groups -OCH3 is 1. The topological polar surface area (TPSA) is 65.5 Å². The predicted octanol–water partition coefficient (Wildman–Crippen LogP) is 4.75. The van der Waals surface area contributed by atoms with Crippen LogP contribution in [-0.4, -0.2) is 29.6 Å². The lowest BCUT2D eigenvalue weighted by molar-refractivity contribution is -0.137. The highest BCUT2D eigenvalue weighted by atomic mass is 32.2. The number of rotatable bonds is 8. The van der Waals surface area contributed by atoms with Crippen LogP contribution in [0.15, 0.2) is 57.4 Å². The number of nitrogens with zero attached hydrogens (tertiary/aromatic N) is 1. The lowest BCUT2D eigenvalue weighted by Crippen LogP contribution is -2.03. The van der Waals surface area contributed by atoms with Crippen molar-refractivity contribution in [3.63, 3.8) is 0 Å². The van der Waals surface area contributed by atoms with Gasteiger partial charge in [-0.3, -0.25) is 4.79 Å². The molecule has 0 saturated heterocycles. The second-order valence-electron chi connectivity index (χ2n) is 5.86. The fourth-order valence-corrected chi connectivity index (χ4v) is 3.11. The molecule has 3 rings (SSSR count). The summed E-state index contributed by atoms with van der Waals surface area (Å²) in [5.41, 5.74) is 1.83. The lowest BCUT2D eigenvalue weighted by atomic mass is 10.2. The third-order valence-corrected chi connectivity index (χ3v) is 4.75. The van der Waals surface area contributed by atoms with Gasteiger partial charge in [-0.1, -0.05) is 24.3 Å². The fourth-order valence-electron chi connectivity index (χ4n) is 2.47. The zero-order valence-corrected chi connectivity index (χ0v) is 16.1. The van der Waals surface area contributed by atoms with Crippen molar-refractivity contribution in [2.24, 2.45) is 0 Å². The Balaban J connectivity index is 1.58. The maximum Gasteiger partial charge on any atom is 0.315 e. The normalized spacial score (nSPS) is 11.2. The van der Waals surface area contributed by atoms with Crippen LogP contribution in [0.4, 0.5) is 0 Å². The Hall–Kier alpha value is -2.73. The van der Waals surface area contributed by atoms with Crippen LogP contribution in [0.1, 0.15) is 23.0 Å². The predicted molar refractivity (Wildman–Crippen MR) is 107 cm³/mol. The van der Waals surface area contributed by atoms with Crippen molar-refractivity contribution in [2.45, 2.75) is 13.3 Å². The number of oxazole rings is 1. The van der Waals surface area contributed by atoms with Crippen LogP contribution in [0.3, 0.4) is 0 Å². The molecule has 0 aliphatic carbocycles. The summed E-state index contributed by atoms with van der Waals surface area (Å²) in [6.45, 7) is 1.91. The number of thioether (sulfide) groups is 1. The number of carbonyl (C=O) groups excluding carboxylic acids is 1. The SMILES string of the molecule is COC(=O)CSCC=Cc1ccc(Cc2nc(-c3ccccc3)oc2C)o1. The zero-order chi connectivity index (χ0) is 19.1. The first-order valence-electron chi connectivity index (χ1n) is 8.57. The average molecular weight is 383 g/mol. The maximum atomic E-state index is 11.0. The smallest absolute Gasteiger partial charge is 0.315 e. The number of aryl methyl sites for hydroxylation is 1. The van der Waals surface area contributed by atoms with Crippen molar-refractivity contribution in [3.8, 4) is 11.5 Å². The molecule has 6 heteroatoms. The van der Waals surface area contributed by atoms with Crippen LogP contribution in [0.2, 0.25) is 0 Å². The molecule has 0 atom stereocenters. The van der Waals surface area contributed by atoms with E-state index >= 15 is 0 Å². The van der Waals surface area contributed by atoms with E-state index in [-0.39, 0.29) is 5.97 Å². The minimum absolute atomic E-state index is 0.216. The van der Waals surface area contributed by atoms with E-state index in [1.54, 1.807) is 0 Å². The average Bonchev–Trinajstić information content (AvgIpc) is 3.29. The zero-order valence-electron chi connectivity index (χ0n) is 15.3. The largest absolute Gasteiger partial charge is 0.468 e. The standard InChI is InChI=1S/C21H21NO4S/c1-15-19(22-21(25-15)16-7-4-3-5-8-16)13-18-11-10-17(26-18)9-6-12-27-14-20(23)24-2/h3-11H,12-14H2,1-2H3. The van der Waals surface area contributed by atoms with Crippen molar-refractivity contribution in [1.29, 1.82) is 0 Å². The second kappa shape index (κ2) is 9.28. The van der Waals surface area contributed by atoms with Gasteiger partial charge in [-0.15, -0.1) is 11.8 Å². The highest BCUT2D eigenvalue weighted by Gasteiger charge is 2.13. The molecule has 0 bridgehead atoms. The molecule has 0 saturated carbocycles. The number of aromatic nitrogens is 1. The van der Waals surface area contributed by atoms with E-state index in [0.29, 0.717) is 23.8 Å². The van der Waals surface area contributed by atoms with Gasteiger partial charge in [0.25, 0.3) is 0 Å². The molecular formula is C21H21NO4S. The van der Waals surface area contributed by atoms with Crippen molar-refractivity contribution in [1.82, 2.24) is 4.98 Å². The van der Waals surface area contributed by atoms with Gasteiger partial charge in [-0.25, -0.2) is 4.98 Å². The molecule has 140 valence electrons. The van der Waals surface area contributed by atoms with Crippen LogP contribution < -0.4 is 0 Å². The van der Waals surface area contributed by atoms with E-state index in [4.69, 9.17) is 8.83 Å². The number of carbonyl (C=O) groups is 1. The first-order chi connectivity index (χ1) is 13.2. The molecule has 1 aromatic carbocycles. The van der Waals surface area contributed by atoms with E-state index in [1.807, 2.05) is 61.5 Å². The summed E-state index contributed by atoms with van der Waals surface area (Å²) >= 11 is 1.49. The van der Waals surface area contributed by atoms with Gasteiger partial charge in [0.1, 0.15) is 17.3 Å². The van der Waals surface area contributed by atoms with Gasteiger partial charge in [0.2, 0.25) is 5.89 Å². The van der Waals surface area contributed by atoms with Crippen molar-refractivity contribution < 1.29 is 18.4 Å². The number of esters is 1. The number of furan rings is 1. The van der Waals surface area contributed by atoms with Crippen LogP contribution in [0.5, 0.6) is 0 Å². The van der Waals surface area contributed by atoms with Crippen LogP contribution >= 0.6 is 11.8 Å². The van der Waals surface area contributed by atoms with Gasteiger partial charge >= 0.3 is 5.97 Å². The highest BCUT2D eigenvalue weighted by molar-refractivity contribution is 8.00. The second-order valence-corrected chi connectivity index (χ2v) is 6.89. The van der Waals surface area contributed by atoms with E-state index in [0.717, 1.165) is 28.5 Å². The molecule has 0 aliphatic rings. The van der Waals surface area contributed by atoms with Gasteiger partial charge in [0.15, 0.2) is 0 Å². The molecule has 3 aromatic rings. The first kappa shape index (κ1) is 19.0. The molecule has 0 aliphatic heterocycles. The van der Waals surface area contributed by atoms with E-state index < -0.39 is 0 Å². The van der Waals surface area contributed by atoms with Crippen LogP contribution in [-0.2, 0) is 16.0 Å². The summed E-state index contributed by atoms with van der Waals surface area (Å²) in [6.07, 6.45) is 4.44. The molecule has 0 unspecified atom stereocenters. The summed E-state index contributed by atoms with van der Waals surface area (Å²) in [6, 6.07) is 13.7. The maximum absolute atomic E-state index is 11.0. The Bertz CT molecular complexity index is 911. The Morgan fingerprint density at radius 3 is 2.78 bits per heavy atom. The highest BCUT2D eigenvalue weighted by Crippen LogP contribution is 2.23. The summed E-state index contributed by atoms with van der Waals surface area (Å²) < 4.78 is 16.2. The van der Waals surface area contributed by atoms with Crippen LogP contribution in [0.25, 0.3) is 17.5 Å². The van der Waals surface area contributed by atoms with E-state index in [2.05, 4.69) is 9.72 Å². The Kier molecular flexibility index (Phi) is 6.54. The number of benzene rings is 1. The molecule has 27 heavy (non-hydrogen) atoms. The number of hydrogen-bond acceptors (Lipinski definition) is 6. The summed E-state index contributed by atoms with van der Waals surface area (Å²) in [5.74, 6) is 3.86. The third-order valence-electron chi connectivity index (χ3n) is 3.88. The Labute approximate surface area is 162 Å². The van der Waals surface area contributed by atoms with Gasteiger partial charge in [0, 0.05) is 11.3 Å². The Morgan fingerprint density at radius 2 is 2.00 bits per heavy atom. The molecule has 0 N–H and O–H groups in total. The molecule has 0 radical (unpaired) electrons. The van der Waals surface area contributed by atoms with Gasteiger partial charge < -0.3 is 13.6 Å². The molecule has 0 amide bonds. The first-order valence-corrected chi connectivity index (χ1v) is 9.72. The summed E-state index contributed by atoms with van der Waals surface area (Å²) in [7, 11) is 1.39.